The normalized spacial score (nSPS) is 16.9. The number of rotatable bonds is 14. The van der Waals surface area contributed by atoms with Crippen molar-refractivity contribution in [1.82, 2.24) is 0 Å². The molecule has 0 bridgehead atoms. The number of benzene rings is 2. The van der Waals surface area contributed by atoms with Crippen molar-refractivity contribution in [2.45, 2.75) is 45.5 Å². The Bertz CT molecular complexity index is 943. The molecule has 35 heavy (non-hydrogen) atoms. The molecule has 2 aromatic carbocycles. The summed E-state index contributed by atoms with van der Waals surface area (Å²) in [7, 11) is 4.85. The van der Waals surface area contributed by atoms with Crippen LogP contribution in [0, 0.1) is 0 Å². The molecular weight excluding hydrogens is 452 g/mol. The Kier molecular flexibility index (Phi) is 10.2. The van der Waals surface area contributed by atoms with Crippen LogP contribution in [0.4, 0.5) is 0 Å². The third-order valence-corrected chi connectivity index (χ3v) is 5.72. The van der Waals surface area contributed by atoms with E-state index in [4.69, 9.17) is 37.9 Å². The molecule has 1 unspecified atom stereocenters. The maximum Gasteiger partial charge on any atom is 0.188 e. The first-order valence-electron chi connectivity index (χ1n) is 11.9. The average molecular weight is 491 g/mol. The lowest BCUT2D eigenvalue weighted by atomic mass is 9.90. The van der Waals surface area contributed by atoms with E-state index >= 15 is 0 Å². The third kappa shape index (κ3) is 7.32. The van der Waals surface area contributed by atoms with Gasteiger partial charge in [-0.1, -0.05) is 19.1 Å². The van der Waals surface area contributed by atoms with Gasteiger partial charge in [-0.05, 0) is 55.5 Å². The molecule has 0 aliphatic carbocycles. The van der Waals surface area contributed by atoms with Gasteiger partial charge in [-0.2, -0.15) is 0 Å². The van der Waals surface area contributed by atoms with Crippen LogP contribution in [0.15, 0.2) is 30.3 Å². The van der Waals surface area contributed by atoms with E-state index in [1.165, 1.54) is 0 Å². The minimum absolute atomic E-state index is 0.0783. The highest BCUT2D eigenvalue weighted by atomic mass is 16.7. The Morgan fingerprint density at radius 1 is 0.971 bits per heavy atom. The molecule has 0 radical (unpaired) electrons. The number of hydrogen-bond donors (Lipinski definition) is 0. The molecule has 1 aliphatic rings. The highest BCUT2D eigenvalue weighted by molar-refractivity contribution is 5.78. The molecule has 194 valence electrons. The van der Waals surface area contributed by atoms with Crippen LogP contribution in [-0.2, 0) is 36.5 Å². The first kappa shape index (κ1) is 27.2. The summed E-state index contributed by atoms with van der Waals surface area (Å²) in [6.07, 6.45) is 1.34. The maximum absolute atomic E-state index is 6.03. The molecule has 1 fully saturated rings. The van der Waals surface area contributed by atoms with Crippen molar-refractivity contribution in [1.29, 1.82) is 0 Å². The van der Waals surface area contributed by atoms with Crippen LogP contribution in [0.1, 0.15) is 31.9 Å². The van der Waals surface area contributed by atoms with Crippen molar-refractivity contribution in [2.75, 3.05) is 54.7 Å². The number of methoxy groups -OCH3 is 3. The summed E-state index contributed by atoms with van der Waals surface area (Å²) in [4.78, 5) is 0. The first-order valence-corrected chi connectivity index (χ1v) is 11.9. The van der Waals surface area contributed by atoms with Gasteiger partial charge in [0.05, 0.1) is 26.9 Å². The molecule has 1 aliphatic heterocycles. The number of hydrogen-bond acceptors (Lipinski definition) is 8. The Morgan fingerprint density at radius 2 is 1.71 bits per heavy atom. The van der Waals surface area contributed by atoms with Gasteiger partial charge in [0, 0.05) is 25.8 Å². The molecule has 8 heteroatoms. The second-order valence-electron chi connectivity index (χ2n) is 8.67. The summed E-state index contributed by atoms with van der Waals surface area (Å²) >= 11 is 0. The molecule has 2 aromatic rings. The third-order valence-electron chi connectivity index (χ3n) is 5.72. The van der Waals surface area contributed by atoms with E-state index < -0.39 is 5.79 Å². The van der Waals surface area contributed by atoms with E-state index in [0.29, 0.717) is 32.0 Å². The Balaban J connectivity index is 1.95. The van der Waals surface area contributed by atoms with E-state index in [1.807, 2.05) is 44.2 Å². The summed E-state index contributed by atoms with van der Waals surface area (Å²) in [5.41, 5.74) is 4.11. The van der Waals surface area contributed by atoms with Crippen molar-refractivity contribution in [3.8, 4) is 28.4 Å². The van der Waals surface area contributed by atoms with Gasteiger partial charge in [0.1, 0.15) is 23.4 Å². The van der Waals surface area contributed by atoms with Crippen LogP contribution < -0.4 is 14.2 Å². The molecular formula is C27H38O8. The Labute approximate surface area is 208 Å². The molecule has 0 saturated carbocycles. The fraction of sp³-hybridized carbons (Fsp3) is 0.556. The fourth-order valence-corrected chi connectivity index (χ4v) is 4.21. The van der Waals surface area contributed by atoms with Crippen LogP contribution in [0.2, 0.25) is 0 Å². The fourth-order valence-electron chi connectivity index (χ4n) is 4.21. The summed E-state index contributed by atoms with van der Waals surface area (Å²) < 4.78 is 45.4. The molecule has 0 amide bonds. The summed E-state index contributed by atoms with van der Waals surface area (Å²) in [6, 6.07) is 9.84. The standard InChI is InChI=1S/C27H38O8/c1-7-22-23(11-12-31-15-21-16-34-27(2,3)35-21)26(19-9-8-10-20(13-19)30-6)25(33-18-29-5)14-24(22)32-17-28-4/h8-10,13-14,21H,7,11-12,15-18H2,1-6H3. The van der Waals surface area contributed by atoms with Crippen LogP contribution >= 0.6 is 0 Å². The maximum atomic E-state index is 6.03. The zero-order valence-electron chi connectivity index (χ0n) is 21.7. The minimum atomic E-state index is -0.566. The smallest absolute Gasteiger partial charge is 0.188 e. The van der Waals surface area contributed by atoms with Crippen molar-refractivity contribution in [3.63, 3.8) is 0 Å². The van der Waals surface area contributed by atoms with E-state index in [0.717, 1.165) is 40.2 Å². The molecule has 0 N–H and O–H groups in total. The van der Waals surface area contributed by atoms with Crippen molar-refractivity contribution in [3.05, 3.63) is 41.5 Å². The SMILES string of the molecule is CCc1c(OCOC)cc(OCOC)c(-c2cccc(OC)c2)c1CCOCC1COC(C)(C)O1. The van der Waals surface area contributed by atoms with Crippen molar-refractivity contribution in [2.24, 2.45) is 0 Å². The van der Waals surface area contributed by atoms with Crippen LogP contribution in [-0.4, -0.2) is 66.6 Å². The van der Waals surface area contributed by atoms with E-state index in [2.05, 4.69) is 6.92 Å². The van der Waals surface area contributed by atoms with E-state index in [-0.39, 0.29) is 19.7 Å². The molecule has 1 atom stereocenters. The summed E-state index contributed by atoms with van der Waals surface area (Å²) in [6.45, 7) is 7.67. The lowest BCUT2D eigenvalue weighted by molar-refractivity contribution is -0.144. The van der Waals surface area contributed by atoms with Gasteiger partial charge < -0.3 is 37.9 Å². The average Bonchev–Trinajstić information content (AvgIpc) is 3.21. The molecule has 1 saturated heterocycles. The molecule has 0 aromatic heterocycles. The monoisotopic (exact) mass is 490 g/mol. The molecule has 0 spiro atoms. The second-order valence-corrected chi connectivity index (χ2v) is 8.67. The highest BCUT2D eigenvalue weighted by Gasteiger charge is 2.32. The topological polar surface area (TPSA) is 73.8 Å². The van der Waals surface area contributed by atoms with Crippen LogP contribution in [0.25, 0.3) is 11.1 Å². The van der Waals surface area contributed by atoms with Gasteiger partial charge in [0.2, 0.25) is 0 Å². The van der Waals surface area contributed by atoms with Gasteiger partial charge >= 0.3 is 0 Å². The minimum Gasteiger partial charge on any atom is -0.497 e. The lowest BCUT2D eigenvalue weighted by Crippen LogP contribution is -2.24. The van der Waals surface area contributed by atoms with Crippen molar-refractivity contribution < 1.29 is 37.9 Å². The molecule has 1 heterocycles. The molecule has 8 nitrogen and oxygen atoms in total. The predicted molar refractivity (Wildman–Crippen MR) is 132 cm³/mol. The highest BCUT2D eigenvalue weighted by Crippen LogP contribution is 2.42. The quantitative estimate of drug-likeness (QED) is 0.281. The zero-order chi connectivity index (χ0) is 25.3. The van der Waals surface area contributed by atoms with Crippen LogP contribution in [0.3, 0.4) is 0 Å². The van der Waals surface area contributed by atoms with Crippen molar-refractivity contribution >= 4 is 0 Å². The second kappa shape index (κ2) is 13.1. The van der Waals surface area contributed by atoms with E-state index in [1.54, 1.807) is 21.3 Å². The Morgan fingerprint density at radius 3 is 2.34 bits per heavy atom. The van der Waals surface area contributed by atoms with Gasteiger partial charge in [0.15, 0.2) is 19.4 Å². The number of ether oxygens (including phenoxy) is 8. The van der Waals surface area contributed by atoms with Gasteiger partial charge in [-0.25, -0.2) is 0 Å². The predicted octanol–water partition coefficient (Wildman–Crippen LogP) is 4.60. The lowest BCUT2D eigenvalue weighted by Gasteiger charge is -2.23. The summed E-state index contributed by atoms with van der Waals surface area (Å²) in [5.74, 6) is 1.58. The first-order chi connectivity index (χ1) is 16.9. The molecule has 3 rings (SSSR count). The summed E-state index contributed by atoms with van der Waals surface area (Å²) in [5, 5.41) is 0. The van der Waals surface area contributed by atoms with Crippen LogP contribution in [0.5, 0.6) is 17.2 Å². The van der Waals surface area contributed by atoms with Gasteiger partial charge in [0.25, 0.3) is 0 Å². The largest absolute Gasteiger partial charge is 0.497 e. The van der Waals surface area contributed by atoms with Gasteiger partial charge in [-0.15, -0.1) is 0 Å². The Hall–Kier alpha value is -2.36. The van der Waals surface area contributed by atoms with E-state index in [9.17, 15) is 0 Å². The zero-order valence-corrected chi connectivity index (χ0v) is 21.7. The van der Waals surface area contributed by atoms with Gasteiger partial charge in [-0.3, -0.25) is 0 Å².